The number of rotatable bonds is 2. The maximum Gasteiger partial charge on any atom is 0.0475 e. The number of benzene rings is 1. The summed E-state index contributed by atoms with van der Waals surface area (Å²) in [6.07, 6.45) is 2.10. The summed E-state index contributed by atoms with van der Waals surface area (Å²) in [5.74, 6) is 0. The van der Waals surface area contributed by atoms with Crippen LogP contribution in [-0.2, 0) is 10.2 Å². The van der Waals surface area contributed by atoms with Gasteiger partial charge >= 0.3 is 0 Å². The third-order valence-corrected chi connectivity index (χ3v) is 4.05. The highest BCUT2D eigenvalue weighted by Crippen LogP contribution is 2.38. The fourth-order valence-electron chi connectivity index (χ4n) is 3.33. The van der Waals surface area contributed by atoms with E-state index in [0.29, 0.717) is 0 Å². The molecule has 0 aromatic heterocycles. The van der Waals surface area contributed by atoms with Gasteiger partial charge in [0.25, 0.3) is 0 Å². The molecule has 2 nitrogen and oxygen atoms in total. The van der Waals surface area contributed by atoms with Crippen LogP contribution in [0.4, 0.5) is 0 Å². The number of nitrogens with two attached hydrogens (primary N) is 1. The second kappa shape index (κ2) is 4.79. The fourth-order valence-corrected chi connectivity index (χ4v) is 3.33. The summed E-state index contributed by atoms with van der Waals surface area (Å²) in [5, 5.41) is 0. The van der Waals surface area contributed by atoms with Crippen molar-refractivity contribution in [2.45, 2.75) is 39.0 Å². The molecule has 0 saturated carbocycles. The molecule has 0 radical (unpaired) electrons. The molecule has 17 heavy (non-hydrogen) atoms. The average molecular weight is 233 g/mol. The van der Waals surface area contributed by atoms with E-state index in [-0.39, 0.29) is 5.41 Å². The molecule has 0 amide bonds. The van der Waals surface area contributed by atoms with Gasteiger partial charge in [-0.25, -0.2) is 0 Å². The van der Waals surface area contributed by atoms with Crippen LogP contribution in [0.3, 0.4) is 0 Å². The van der Waals surface area contributed by atoms with Crippen molar-refractivity contribution in [2.75, 3.05) is 19.8 Å². The van der Waals surface area contributed by atoms with Crippen molar-refractivity contribution in [1.29, 1.82) is 0 Å². The van der Waals surface area contributed by atoms with Crippen LogP contribution >= 0.6 is 0 Å². The van der Waals surface area contributed by atoms with Gasteiger partial charge in [0.1, 0.15) is 0 Å². The fraction of sp³-hybridized carbons (Fsp3) is 0.600. The van der Waals surface area contributed by atoms with Crippen LogP contribution in [0.15, 0.2) is 12.1 Å². The van der Waals surface area contributed by atoms with E-state index in [2.05, 4.69) is 32.9 Å². The molecular weight excluding hydrogens is 210 g/mol. The molecule has 1 saturated heterocycles. The lowest BCUT2D eigenvalue weighted by molar-refractivity contribution is 0.0525. The maximum atomic E-state index is 6.09. The molecule has 1 aliphatic heterocycles. The Balaban J connectivity index is 2.50. The molecule has 1 fully saturated rings. The number of hydrogen-bond donors (Lipinski definition) is 1. The molecule has 2 heteroatoms. The van der Waals surface area contributed by atoms with Crippen LogP contribution in [0.2, 0.25) is 0 Å². The van der Waals surface area contributed by atoms with E-state index >= 15 is 0 Å². The van der Waals surface area contributed by atoms with Crippen molar-refractivity contribution in [1.82, 2.24) is 0 Å². The van der Waals surface area contributed by atoms with Gasteiger partial charge in [-0.15, -0.1) is 0 Å². The molecule has 0 bridgehead atoms. The minimum atomic E-state index is 0.139. The summed E-state index contributed by atoms with van der Waals surface area (Å²) in [7, 11) is 0. The van der Waals surface area contributed by atoms with Crippen LogP contribution in [0, 0.1) is 20.8 Å². The Kier molecular flexibility index (Phi) is 3.55. The molecule has 1 aromatic carbocycles. The maximum absolute atomic E-state index is 6.09. The van der Waals surface area contributed by atoms with Crippen LogP contribution in [0.25, 0.3) is 0 Å². The van der Waals surface area contributed by atoms with Crippen molar-refractivity contribution >= 4 is 0 Å². The molecule has 1 aliphatic rings. The van der Waals surface area contributed by atoms with E-state index in [4.69, 9.17) is 10.5 Å². The van der Waals surface area contributed by atoms with Gasteiger partial charge in [-0.2, -0.15) is 0 Å². The zero-order valence-electron chi connectivity index (χ0n) is 11.2. The van der Waals surface area contributed by atoms with E-state index in [1.165, 1.54) is 22.3 Å². The van der Waals surface area contributed by atoms with Gasteiger partial charge in [-0.1, -0.05) is 17.7 Å². The highest BCUT2D eigenvalue weighted by Gasteiger charge is 2.35. The first-order valence-electron chi connectivity index (χ1n) is 6.45. The van der Waals surface area contributed by atoms with Gasteiger partial charge < -0.3 is 10.5 Å². The highest BCUT2D eigenvalue weighted by molar-refractivity contribution is 5.43. The first-order valence-corrected chi connectivity index (χ1v) is 6.45. The molecule has 0 aliphatic carbocycles. The largest absolute Gasteiger partial charge is 0.381 e. The average Bonchev–Trinajstić information content (AvgIpc) is 2.28. The predicted octanol–water partition coefficient (Wildman–Crippen LogP) is 2.62. The van der Waals surface area contributed by atoms with Crippen LogP contribution < -0.4 is 5.73 Å². The van der Waals surface area contributed by atoms with E-state index in [1.807, 2.05) is 0 Å². The molecule has 94 valence electrons. The molecule has 1 heterocycles. The monoisotopic (exact) mass is 233 g/mol. The Morgan fingerprint density at radius 2 is 1.65 bits per heavy atom. The number of ether oxygens (including phenoxy) is 1. The van der Waals surface area contributed by atoms with Crippen LogP contribution in [-0.4, -0.2) is 19.8 Å². The second-order valence-corrected chi connectivity index (χ2v) is 5.37. The Morgan fingerprint density at radius 3 is 2.12 bits per heavy atom. The molecule has 2 rings (SSSR count). The van der Waals surface area contributed by atoms with Gasteiger partial charge in [-0.05, 0) is 50.3 Å². The van der Waals surface area contributed by atoms with Crippen molar-refractivity contribution in [2.24, 2.45) is 5.73 Å². The minimum absolute atomic E-state index is 0.139. The van der Waals surface area contributed by atoms with Gasteiger partial charge in [-0.3, -0.25) is 0 Å². The summed E-state index contributed by atoms with van der Waals surface area (Å²) in [4.78, 5) is 0. The summed E-state index contributed by atoms with van der Waals surface area (Å²) >= 11 is 0. The first-order chi connectivity index (χ1) is 8.09. The van der Waals surface area contributed by atoms with Crippen molar-refractivity contribution < 1.29 is 4.74 Å². The molecular formula is C15H23NO. The smallest absolute Gasteiger partial charge is 0.0475 e. The Bertz CT molecular complexity index is 382. The van der Waals surface area contributed by atoms with E-state index in [9.17, 15) is 0 Å². The summed E-state index contributed by atoms with van der Waals surface area (Å²) in [5.41, 5.74) is 11.8. The van der Waals surface area contributed by atoms with E-state index in [0.717, 1.165) is 32.6 Å². The lowest BCUT2D eigenvalue weighted by atomic mass is 9.70. The number of hydrogen-bond acceptors (Lipinski definition) is 2. The molecule has 2 N–H and O–H groups in total. The molecule has 0 unspecified atom stereocenters. The zero-order valence-corrected chi connectivity index (χ0v) is 11.2. The SMILES string of the molecule is Cc1cc(C)c(C2(CN)CCOCC2)c(C)c1. The summed E-state index contributed by atoms with van der Waals surface area (Å²) in [6.45, 7) is 8.97. The molecule has 0 atom stereocenters. The van der Waals surface area contributed by atoms with Crippen molar-refractivity contribution in [3.8, 4) is 0 Å². The summed E-state index contributed by atoms with van der Waals surface area (Å²) in [6, 6.07) is 4.55. The normalized spacial score (nSPS) is 19.3. The van der Waals surface area contributed by atoms with E-state index in [1.54, 1.807) is 0 Å². The lowest BCUT2D eigenvalue weighted by Crippen LogP contribution is -2.41. The van der Waals surface area contributed by atoms with Crippen LogP contribution in [0.1, 0.15) is 35.1 Å². The highest BCUT2D eigenvalue weighted by atomic mass is 16.5. The topological polar surface area (TPSA) is 35.2 Å². The predicted molar refractivity (Wildman–Crippen MR) is 71.4 cm³/mol. The first kappa shape index (κ1) is 12.6. The number of aryl methyl sites for hydroxylation is 3. The third kappa shape index (κ3) is 2.24. The van der Waals surface area contributed by atoms with Gasteiger partial charge in [0.15, 0.2) is 0 Å². The quantitative estimate of drug-likeness (QED) is 0.852. The van der Waals surface area contributed by atoms with E-state index < -0.39 is 0 Å². The second-order valence-electron chi connectivity index (χ2n) is 5.37. The summed E-state index contributed by atoms with van der Waals surface area (Å²) < 4.78 is 5.50. The molecule has 0 spiro atoms. The Morgan fingerprint density at radius 1 is 1.12 bits per heavy atom. The standard InChI is InChI=1S/C15H23NO/c1-11-8-12(2)14(13(3)9-11)15(10-16)4-6-17-7-5-15/h8-9H,4-7,10,16H2,1-3H3. The Hall–Kier alpha value is -0.860. The van der Waals surface area contributed by atoms with Gasteiger partial charge in [0, 0.05) is 25.2 Å². The molecule has 1 aromatic rings. The minimum Gasteiger partial charge on any atom is -0.381 e. The van der Waals surface area contributed by atoms with Gasteiger partial charge in [0.2, 0.25) is 0 Å². The van der Waals surface area contributed by atoms with Crippen LogP contribution in [0.5, 0.6) is 0 Å². The van der Waals surface area contributed by atoms with Crippen molar-refractivity contribution in [3.63, 3.8) is 0 Å². The zero-order chi connectivity index (χ0) is 12.5. The van der Waals surface area contributed by atoms with Gasteiger partial charge in [0.05, 0.1) is 0 Å². The third-order valence-electron chi connectivity index (χ3n) is 4.05. The van der Waals surface area contributed by atoms with Crippen molar-refractivity contribution in [3.05, 3.63) is 34.4 Å². The Labute approximate surface area is 104 Å². The lowest BCUT2D eigenvalue weighted by Gasteiger charge is -2.39.